The predicted molar refractivity (Wildman–Crippen MR) is 55.3 cm³/mol. The van der Waals surface area contributed by atoms with Gasteiger partial charge in [-0.3, -0.25) is 0 Å². The van der Waals surface area contributed by atoms with Gasteiger partial charge >= 0.3 is 6.09 Å². The lowest BCUT2D eigenvalue weighted by molar-refractivity contribution is 0.138. The monoisotopic (exact) mass is 200 g/mol. The summed E-state index contributed by atoms with van der Waals surface area (Å²) in [7, 11) is 0. The van der Waals surface area contributed by atoms with E-state index in [0.717, 1.165) is 38.8 Å². The molecule has 1 rings (SSSR count). The molecule has 0 bridgehead atoms. The van der Waals surface area contributed by atoms with Crippen molar-refractivity contribution < 1.29 is 9.53 Å². The molecular weight excluding hydrogens is 180 g/mol. The zero-order chi connectivity index (χ0) is 10.2. The topological polar surface area (TPSA) is 50.4 Å². The number of carbonyl (C=O) groups excluding carboxylic acids is 1. The highest BCUT2D eigenvalue weighted by Gasteiger charge is 2.15. The smallest absolute Gasteiger partial charge is 0.407 e. The van der Waals surface area contributed by atoms with Gasteiger partial charge in [-0.2, -0.15) is 0 Å². The molecule has 14 heavy (non-hydrogen) atoms. The van der Waals surface area contributed by atoms with Crippen molar-refractivity contribution in [2.45, 2.75) is 38.6 Å². The molecule has 0 spiro atoms. The lowest BCUT2D eigenvalue weighted by Crippen LogP contribution is -2.45. The Morgan fingerprint density at radius 1 is 1.64 bits per heavy atom. The molecule has 0 aromatic carbocycles. The highest BCUT2D eigenvalue weighted by atomic mass is 16.5. The molecule has 1 fully saturated rings. The Bertz CT molecular complexity index is 168. The van der Waals surface area contributed by atoms with E-state index in [1.165, 1.54) is 0 Å². The number of hydrogen-bond acceptors (Lipinski definition) is 3. The number of rotatable bonds is 4. The van der Waals surface area contributed by atoms with Crippen LogP contribution in [-0.2, 0) is 4.74 Å². The average Bonchev–Trinajstić information content (AvgIpc) is 2.20. The van der Waals surface area contributed by atoms with Gasteiger partial charge in [0.15, 0.2) is 0 Å². The predicted octanol–water partition coefficient (Wildman–Crippen LogP) is 1.26. The first-order chi connectivity index (χ1) is 6.83. The van der Waals surface area contributed by atoms with E-state index in [1.807, 2.05) is 0 Å². The number of unbranched alkanes of at least 4 members (excludes halogenated alkanes) is 1. The largest absolute Gasteiger partial charge is 0.450 e. The molecular formula is C10H20N2O2. The standard InChI is InChI=1S/C10H20N2O2/c1-2-3-7-14-10(13)12-9-5-4-6-11-8-9/h9,11H,2-8H2,1H3,(H,12,13)/t9-/m1/s1. The minimum absolute atomic E-state index is 0.248. The second-order valence-corrected chi connectivity index (χ2v) is 3.68. The molecule has 82 valence electrons. The van der Waals surface area contributed by atoms with Gasteiger partial charge in [0.25, 0.3) is 0 Å². The molecule has 4 nitrogen and oxygen atoms in total. The van der Waals surface area contributed by atoms with E-state index in [4.69, 9.17) is 4.74 Å². The molecule has 1 atom stereocenters. The van der Waals surface area contributed by atoms with Crippen LogP contribution in [0.3, 0.4) is 0 Å². The van der Waals surface area contributed by atoms with Gasteiger partial charge in [0, 0.05) is 12.6 Å². The molecule has 0 radical (unpaired) electrons. The van der Waals surface area contributed by atoms with E-state index in [2.05, 4.69) is 17.6 Å². The summed E-state index contributed by atoms with van der Waals surface area (Å²) in [4.78, 5) is 11.2. The van der Waals surface area contributed by atoms with Crippen LogP contribution in [0, 0.1) is 0 Å². The van der Waals surface area contributed by atoms with Crippen LogP contribution in [0.4, 0.5) is 4.79 Å². The van der Waals surface area contributed by atoms with Crippen LogP contribution in [-0.4, -0.2) is 31.8 Å². The summed E-state index contributed by atoms with van der Waals surface area (Å²) in [6.07, 6.45) is 3.90. The number of hydrogen-bond donors (Lipinski definition) is 2. The average molecular weight is 200 g/mol. The van der Waals surface area contributed by atoms with Crippen molar-refractivity contribution in [3.63, 3.8) is 0 Å². The van der Waals surface area contributed by atoms with Crippen LogP contribution in [0.2, 0.25) is 0 Å². The van der Waals surface area contributed by atoms with Crippen molar-refractivity contribution in [3.8, 4) is 0 Å². The highest BCUT2D eigenvalue weighted by molar-refractivity contribution is 5.67. The zero-order valence-electron chi connectivity index (χ0n) is 8.84. The maximum Gasteiger partial charge on any atom is 0.407 e. The molecule has 4 heteroatoms. The fourth-order valence-electron chi connectivity index (χ4n) is 1.49. The van der Waals surface area contributed by atoms with Gasteiger partial charge in [-0.25, -0.2) is 4.79 Å². The third-order valence-corrected chi connectivity index (χ3v) is 2.35. The van der Waals surface area contributed by atoms with Crippen LogP contribution < -0.4 is 10.6 Å². The molecule has 1 heterocycles. The first kappa shape index (κ1) is 11.3. The van der Waals surface area contributed by atoms with E-state index in [0.29, 0.717) is 6.61 Å². The van der Waals surface area contributed by atoms with Gasteiger partial charge in [0.2, 0.25) is 0 Å². The maximum absolute atomic E-state index is 11.2. The Kier molecular flexibility index (Phi) is 5.37. The lowest BCUT2D eigenvalue weighted by atomic mass is 10.1. The first-order valence-electron chi connectivity index (χ1n) is 5.47. The van der Waals surface area contributed by atoms with Gasteiger partial charge < -0.3 is 15.4 Å². The Morgan fingerprint density at radius 3 is 3.14 bits per heavy atom. The molecule has 2 N–H and O–H groups in total. The Balaban J connectivity index is 2.06. The minimum Gasteiger partial charge on any atom is -0.450 e. The minimum atomic E-state index is -0.271. The lowest BCUT2D eigenvalue weighted by Gasteiger charge is -2.23. The summed E-state index contributed by atoms with van der Waals surface area (Å²) in [6, 6.07) is 0.248. The Morgan fingerprint density at radius 2 is 2.50 bits per heavy atom. The first-order valence-corrected chi connectivity index (χ1v) is 5.47. The van der Waals surface area contributed by atoms with Gasteiger partial charge in [-0.1, -0.05) is 13.3 Å². The van der Waals surface area contributed by atoms with E-state index in [1.54, 1.807) is 0 Å². The van der Waals surface area contributed by atoms with Crippen molar-refractivity contribution in [1.82, 2.24) is 10.6 Å². The SMILES string of the molecule is CCCCOC(=O)N[C@@H]1CCCNC1. The van der Waals surface area contributed by atoms with E-state index >= 15 is 0 Å². The Labute approximate surface area is 85.4 Å². The van der Waals surface area contributed by atoms with Gasteiger partial charge in [0.05, 0.1) is 6.61 Å². The number of amides is 1. The highest BCUT2D eigenvalue weighted by Crippen LogP contribution is 2.01. The molecule has 0 aromatic rings. The third-order valence-electron chi connectivity index (χ3n) is 2.35. The number of nitrogens with one attached hydrogen (secondary N) is 2. The molecule has 1 amide bonds. The summed E-state index contributed by atoms with van der Waals surface area (Å²) in [5.41, 5.74) is 0. The van der Waals surface area contributed by atoms with Crippen molar-refractivity contribution >= 4 is 6.09 Å². The Hall–Kier alpha value is -0.770. The van der Waals surface area contributed by atoms with Crippen molar-refractivity contribution in [2.75, 3.05) is 19.7 Å². The second kappa shape index (κ2) is 6.65. The zero-order valence-corrected chi connectivity index (χ0v) is 8.84. The van der Waals surface area contributed by atoms with Crippen LogP contribution in [0.1, 0.15) is 32.6 Å². The number of piperidine rings is 1. The van der Waals surface area contributed by atoms with Crippen LogP contribution in [0.25, 0.3) is 0 Å². The van der Waals surface area contributed by atoms with Gasteiger partial charge in [-0.15, -0.1) is 0 Å². The fourth-order valence-corrected chi connectivity index (χ4v) is 1.49. The number of alkyl carbamates (subject to hydrolysis) is 1. The second-order valence-electron chi connectivity index (χ2n) is 3.68. The molecule has 1 aliphatic rings. The summed E-state index contributed by atoms with van der Waals surface area (Å²) in [5, 5.41) is 6.09. The van der Waals surface area contributed by atoms with Gasteiger partial charge in [-0.05, 0) is 25.8 Å². The number of carbonyl (C=O) groups is 1. The quantitative estimate of drug-likeness (QED) is 0.672. The molecule has 0 aromatic heterocycles. The summed E-state index contributed by atoms with van der Waals surface area (Å²) in [5.74, 6) is 0. The van der Waals surface area contributed by atoms with E-state index in [9.17, 15) is 4.79 Å². The van der Waals surface area contributed by atoms with E-state index in [-0.39, 0.29) is 12.1 Å². The fraction of sp³-hybridized carbons (Fsp3) is 0.900. The molecule has 1 saturated heterocycles. The normalized spacial score (nSPS) is 21.6. The summed E-state index contributed by atoms with van der Waals surface area (Å²) >= 11 is 0. The van der Waals surface area contributed by atoms with Crippen LogP contribution >= 0.6 is 0 Å². The number of ether oxygens (including phenoxy) is 1. The van der Waals surface area contributed by atoms with Crippen molar-refractivity contribution in [3.05, 3.63) is 0 Å². The van der Waals surface area contributed by atoms with Gasteiger partial charge in [0.1, 0.15) is 0 Å². The molecule has 0 unspecified atom stereocenters. The van der Waals surface area contributed by atoms with Crippen LogP contribution in [0.5, 0.6) is 0 Å². The molecule has 1 aliphatic heterocycles. The van der Waals surface area contributed by atoms with Crippen molar-refractivity contribution in [2.24, 2.45) is 0 Å². The third kappa shape index (κ3) is 4.46. The van der Waals surface area contributed by atoms with Crippen molar-refractivity contribution in [1.29, 1.82) is 0 Å². The molecule has 0 aliphatic carbocycles. The molecule has 0 saturated carbocycles. The maximum atomic E-state index is 11.2. The van der Waals surface area contributed by atoms with E-state index < -0.39 is 0 Å². The van der Waals surface area contributed by atoms with Crippen LogP contribution in [0.15, 0.2) is 0 Å². The summed E-state index contributed by atoms with van der Waals surface area (Å²) in [6.45, 7) is 4.53. The summed E-state index contributed by atoms with van der Waals surface area (Å²) < 4.78 is 5.01.